The Morgan fingerprint density at radius 2 is 1.67 bits per heavy atom. The normalized spacial score (nSPS) is 27.5. The summed E-state index contributed by atoms with van der Waals surface area (Å²) < 4.78 is 16.3. The van der Waals surface area contributed by atoms with E-state index in [0.717, 1.165) is 0 Å². The van der Waals surface area contributed by atoms with Gasteiger partial charge in [-0.1, -0.05) is 18.2 Å². The molecule has 0 spiro atoms. The molecule has 0 bridgehead atoms. The van der Waals surface area contributed by atoms with Crippen molar-refractivity contribution in [3.05, 3.63) is 35.4 Å². The lowest BCUT2D eigenvalue weighted by Gasteiger charge is -2.34. The molecule has 1 unspecified atom stereocenters. The van der Waals surface area contributed by atoms with Gasteiger partial charge in [0.1, 0.15) is 0 Å². The Bertz CT molecular complexity index is 521. The maximum absolute atomic E-state index is 12.5. The second-order valence-corrected chi connectivity index (χ2v) is 5.10. The number of hydrogen-bond acceptors (Lipinski definition) is 5. The van der Waals surface area contributed by atoms with Crippen LogP contribution in [0.3, 0.4) is 0 Å². The number of ether oxygens (including phenoxy) is 3. The summed E-state index contributed by atoms with van der Waals surface area (Å²) in [4.78, 5) is 13.9. The summed E-state index contributed by atoms with van der Waals surface area (Å²) in [5, 5.41) is 11.0. The number of hydrogen-bond donors (Lipinski definition) is 1. The zero-order valence-corrected chi connectivity index (χ0v) is 11.8. The minimum absolute atomic E-state index is 0.0269. The summed E-state index contributed by atoms with van der Waals surface area (Å²) in [7, 11) is 0. The molecule has 114 valence electrons. The van der Waals surface area contributed by atoms with Gasteiger partial charge in [0.05, 0.1) is 39.6 Å². The monoisotopic (exact) mass is 293 g/mol. The van der Waals surface area contributed by atoms with Crippen LogP contribution < -0.4 is 0 Å². The van der Waals surface area contributed by atoms with Crippen LogP contribution in [-0.4, -0.2) is 62.1 Å². The zero-order valence-electron chi connectivity index (χ0n) is 11.8. The Morgan fingerprint density at radius 1 is 1.00 bits per heavy atom. The van der Waals surface area contributed by atoms with Crippen LogP contribution in [-0.2, 0) is 19.9 Å². The molecule has 2 aliphatic heterocycles. The van der Waals surface area contributed by atoms with Crippen molar-refractivity contribution in [2.75, 3.05) is 46.2 Å². The molecule has 1 amide bonds. The van der Waals surface area contributed by atoms with Crippen LogP contribution in [0, 0.1) is 0 Å². The molecule has 1 aromatic carbocycles. The van der Waals surface area contributed by atoms with Crippen molar-refractivity contribution in [1.82, 2.24) is 4.90 Å². The number of aliphatic hydroxyl groups is 1. The molecule has 0 radical (unpaired) electrons. The number of rotatable bonds is 0. The van der Waals surface area contributed by atoms with E-state index in [4.69, 9.17) is 14.2 Å². The lowest BCUT2D eigenvalue weighted by Crippen LogP contribution is -2.49. The van der Waals surface area contributed by atoms with Gasteiger partial charge in [0.15, 0.2) is 5.72 Å². The molecule has 0 saturated carbocycles. The van der Waals surface area contributed by atoms with Crippen molar-refractivity contribution < 1.29 is 24.1 Å². The fraction of sp³-hybridized carbons (Fsp3) is 0.533. The summed E-state index contributed by atoms with van der Waals surface area (Å²) in [6, 6.07) is 7.09. The molecule has 0 aromatic heterocycles. The van der Waals surface area contributed by atoms with Gasteiger partial charge in [-0.25, -0.2) is 0 Å². The van der Waals surface area contributed by atoms with Crippen LogP contribution in [0.4, 0.5) is 0 Å². The summed E-state index contributed by atoms with van der Waals surface area (Å²) in [5.41, 5.74) is -0.321. The van der Waals surface area contributed by atoms with Gasteiger partial charge in [-0.05, 0) is 6.07 Å². The van der Waals surface area contributed by atoms with Crippen molar-refractivity contribution in [2.24, 2.45) is 0 Å². The summed E-state index contributed by atoms with van der Waals surface area (Å²) in [6.45, 7) is 2.47. The smallest absolute Gasteiger partial charge is 0.256 e. The first-order chi connectivity index (χ1) is 10.2. The number of carbonyl (C=O) groups excluding carboxylic acids is 1. The van der Waals surface area contributed by atoms with E-state index in [1.54, 1.807) is 18.2 Å². The van der Waals surface area contributed by atoms with Crippen molar-refractivity contribution >= 4 is 5.91 Å². The highest BCUT2D eigenvalue weighted by atomic mass is 16.5. The van der Waals surface area contributed by atoms with Crippen molar-refractivity contribution in [3.63, 3.8) is 0 Å². The number of carbonyl (C=O) groups is 1. The van der Waals surface area contributed by atoms with E-state index >= 15 is 0 Å². The lowest BCUT2D eigenvalue weighted by molar-refractivity contribution is -0.146. The highest BCUT2D eigenvalue weighted by Crippen LogP contribution is 2.37. The molecule has 2 heterocycles. The average molecular weight is 293 g/mol. The van der Waals surface area contributed by atoms with E-state index in [0.29, 0.717) is 50.7 Å². The van der Waals surface area contributed by atoms with Crippen molar-refractivity contribution in [3.8, 4) is 0 Å². The summed E-state index contributed by atoms with van der Waals surface area (Å²) in [5.74, 6) is -0.186. The fourth-order valence-corrected chi connectivity index (χ4v) is 2.73. The second-order valence-electron chi connectivity index (χ2n) is 5.10. The average Bonchev–Trinajstić information content (AvgIpc) is 2.70. The number of fused-ring (bicyclic) bond motifs is 3. The molecule has 1 atom stereocenters. The SMILES string of the molecule is O=C1c2ccccc2C2(O)COCCOCCOCCN12. The van der Waals surface area contributed by atoms with Gasteiger partial charge in [0.2, 0.25) is 0 Å². The fourth-order valence-electron chi connectivity index (χ4n) is 2.73. The highest BCUT2D eigenvalue weighted by molar-refractivity contribution is 5.99. The van der Waals surface area contributed by atoms with Gasteiger partial charge < -0.3 is 24.2 Å². The topological polar surface area (TPSA) is 68.2 Å². The molecule has 3 rings (SSSR count). The number of benzene rings is 1. The Morgan fingerprint density at radius 3 is 2.48 bits per heavy atom. The maximum Gasteiger partial charge on any atom is 0.256 e. The van der Waals surface area contributed by atoms with E-state index in [9.17, 15) is 9.90 Å². The highest BCUT2D eigenvalue weighted by Gasteiger charge is 2.48. The predicted octanol–water partition coefficient (Wildman–Crippen LogP) is 0.351. The quantitative estimate of drug-likeness (QED) is 0.747. The molecule has 0 aliphatic carbocycles. The van der Waals surface area contributed by atoms with E-state index in [-0.39, 0.29) is 12.5 Å². The Kier molecular flexibility index (Phi) is 4.21. The van der Waals surface area contributed by atoms with Gasteiger partial charge in [0, 0.05) is 17.7 Å². The third kappa shape index (κ3) is 2.67. The Hall–Kier alpha value is -1.47. The van der Waals surface area contributed by atoms with Crippen LogP contribution in [0.15, 0.2) is 24.3 Å². The standard InChI is InChI=1S/C15H19NO5/c17-14-12-3-1-2-4-13(12)15(18)11-21-10-9-20-8-7-19-6-5-16(14)15/h1-4,18H,5-11H2. The number of amides is 1. The molecular formula is C15H19NO5. The Balaban J connectivity index is 1.88. The molecular weight excluding hydrogens is 274 g/mol. The maximum atomic E-state index is 12.5. The third-order valence-electron chi connectivity index (χ3n) is 3.79. The van der Waals surface area contributed by atoms with Crippen LogP contribution >= 0.6 is 0 Å². The van der Waals surface area contributed by atoms with Crippen LogP contribution in [0.2, 0.25) is 0 Å². The van der Waals surface area contributed by atoms with E-state index < -0.39 is 5.72 Å². The van der Waals surface area contributed by atoms with Crippen LogP contribution in [0.25, 0.3) is 0 Å². The lowest BCUT2D eigenvalue weighted by atomic mass is 10.0. The van der Waals surface area contributed by atoms with Gasteiger partial charge in [-0.3, -0.25) is 4.79 Å². The van der Waals surface area contributed by atoms with Crippen LogP contribution in [0.1, 0.15) is 15.9 Å². The summed E-state index contributed by atoms with van der Waals surface area (Å²) >= 11 is 0. The van der Waals surface area contributed by atoms with Crippen molar-refractivity contribution in [1.29, 1.82) is 0 Å². The number of nitrogens with zero attached hydrogens (tertiary/aromatic N) is 1. The first-order valence-electron chi connectivity index (χ1n) is 7.10. The molecule has 1 fully saturated rings. The predicted molar refractivity (Wildman–Crippen MR) is 73.8 cm³/mol. The molecule has 6 heteroatoms. The van der Waals surface area contributed by atoms with Gasteiger partial charge >= 0.3 is 0 Å². The molecule has 2 aliphatic rings. The van der Waals surface area contributed by atoms with Gasteiger partial charge in [-0.2, -0.15) is 0 Å². The van der Waals surface area contributed by atoms with E-state index in [2.05, 4.69) is 0 Å². The second kappa shape index (κ2) is 6.11. The molecule has 6 nitrogen and oxygen atoms in total. The van der Waals surface area contributed by atoms with Crippen LogP contribution in [0.5, 0.6) is 0 Å². The van der Waals surface area contributed by atoms with E-state index in [1.165, 1.54) is 4.90 Å². The molecule has 21 heavy (non-hydrogen) atoms. The molecule has 1 saturated heterocycles. The first kappa shape index (κ1) is 14.5. The largest absolute Gasteiger partial charge is 0.377 e. The van der Waals surface area contributed by atoms with E-state index in [1.807, 2.05) is 6.07 Å². The van der Waals surface area contributed by atoms with Gasteiger partial charge in [-0.15, -0.1) is 0 Å². The third-order valence-corrected chi connectivity index (χ3v) is 3.79. The molecule has 1 aromatic rings. The zero-order chi connectivity index (χ0) is 14.7. The van der Waals surface area contributed by atoms with Gasteiger partial charge in [0.25, 0.3) is 5.91 Å². The minimum atomic E-state index is -1.43. The molecule has 1 N–H and O–H groups in total. The Labute approximate surface area is 123 Å². The summed E-state index contributed by atoms with van der Waals surface area (Å²) in [6.07, 6.45) is 0. The first-order valence-corrected chi connectivity index (χ1v) is 7.10. The van der Waals surface area contributed by atoms with Crippen molar-refractivity contribution in [2.45, 2.75) is 5.72 Å². The minimum Gasteiger partial charge on any atom is -0.377 e.